The Morgan fingerprint density at radius 1 is 1.00 bits per heavy atom. The molecule has 1 N–H and O–H groups in total. The van der Waals surface area contributed by atoms with Crippen molar-refractivity contribution in [2.24, 2.45) is 0 Å². The third-order valence-corrected chi connectivity index (χ3v) is 5.61. The van der Waals surface area contributed by atoms with Crippen LogP contribution in [0.15, 0.2) is 78.2 Å². The van der Waals surface area contributed by atoms with Crippen molar-refractivity contribution in [3.05, 3.63) is 84.4 Å². The first-order valence-electron chi connectivity index (χ1n) is 9.70. The van der Waals surface area contributed by atoms with Crippen LogP contribution in [0.5, 0.6) is 11.5 Å². The van der Waals surface area contributed by atoms with Crippen molar-refractivity contribution in [1.82, 2.24) is 19.5 Å². The first-order chi connectivity index (χ1) is 15.3. The molecule has 0 bridgehead atoms. The van der Waals surface area contributed by atoms with E-state index in [1.165, 1.54) is 11.8 Å². The number of aromatic nitrogens is 4. The van der Waals surface area contributed by atoms with Gasteiger partial charge in [0.1, 0.15) is 0 Å². The largest absolute Gasteiger partial charge is 0.454 e. The second kappa shape index (κ2) is 8.57. The van der Waals surface area contributed by atoms with Gasteiger partial charge in [-0.2, -0.15) is 0 Å². The second-order valence-electron chi connectivity index (χ2n) is 6.84. The molecule has 0 aliphatic carbocycles. The van der Waals surface area contributed by atoms with Gasteiger partial charge in [-0.25, -0.2) is 4.68 Å². The van der Waals surface area contributed by atoms with Crippen molar-refractivity contribution < 1.29 is 14.3 Å². The summed E-state index contributed by atoms with van der Waals surface area (Å²) in [7, 11) is 0. The zero-order chi connectivity index (χ0) is 21.0. The normalized spacial score (nSPS) is 12.1. The number of thioether (sulfide) groups is 1. The van der Waals surface area contributed by atoms with Crippen LogP contribution < -0.4 is 14.8 Å². The number of nitrogens with zero attached hydrogens (tertiary/aromatic N) is 4. The van der Waals surface area contributed by atoms with Gasteiger partial charge in [0.15, 0.2) is 17.3 Å². The third kappa shape index (κ3) is 4.26. The standard InChI is InChI=1S/C22H19N5O3S/c28-21(23-17-8-9-18-19(13-17)30-15-29-18)14-31-22-25-24-20(12-16-6-2-1-3-7-16)27(22)26-10-4-5-11-26/h1-11,13H,12,14-15H2,(H,23,28). The molecular weight excluding hydrogens is 414 g/mol. The lowest BCUT2D eigenvalue weighted by atomic mass is 10.1. The summed E-state index contributed by atoms with van der Waals surface area (Å²) < 4.78 is 14.5. The van der Waals surface area contributed by atoms with E-state index in [0.29, 0.717) is 28.8 Å². The minimum Gasteiger partial charge on any atom is -0.454 e. The van der Waals surface area contributed by atoms with Crippen molar-refractivity contribution in [2.75, 3.05) is 17.9 Å². The lowest BCUT2D eigenvalue weighted by molar-refractivity contribution is -0.113. The fraction of sp³-hybridized carbons (Fsp3) is 0.136. The van der Waals surface area contributed by atoms with E-state index in [2.05, 4.69) is 27.6 Å². The van der Waals surface area contributed by atoms with Gasteiger partial charge in [0.25, 0.3) is 0 Å². The van der Waals surface area contributed by atoms with Gasteiger partial charge < -0.3 is 14.8 Å². The number of carbonyl (C=O) groups is 1. The number of anilines is 1. The summed E-state index contributed by atoms with van der Waals surface area (Å²) in [5.41, 5.74) is 1.80. The molecule has 1 aliphatic rings. The van der Waals surface area contributed by atoms with Gasteiger partial charge in [-0.3, -0.25) is 9.47 Å². The summed E-state index contributed by atoms with van der Waals surface area (Å²) in [6.45, 7) is 0.197. The zero-order valence-electron chi connectivity index (χ0n) is 16.5. The summed E-state index contributed by atoms with van der Waals surface area (Å²) in [4.78, 5) is 12.5. The Kier molecular flexibility index (Phi) is 5.32. The van der Waals surface area contributed by atoms with Crippen molar-refractivity contribution in [3.8, 4) is 11.5 Å². The first-order valence-corrected chi connectivity index (χ1v) is 10.7. The van der Waals surface area contributed by atoms with Crippen LogP contribution in [-0.2, 0) is 11.2 Å². The van der Waals surface area contributed by atoms with E-state index in [1.807, 2.05) is 52.1 Å². The molecular formula is C22H19N5O3S. The van der Waals surface area contributed by atoms with E-state index >= 15 is 0 Å². The Morgan fingerprint density at radius 2 is 1.81 bits per heavy atom. The fourth-order valence-electron chi connectivity index (χ4n) is 3.27. The Balaban J connectivity index is 1.30. The lowest BCUT2D eigenvalue weighted by Crippen LogP contribution is -2.16. The van der Waals surface area contributed by atoms with Gasteiger partial charge in [-0.15, -0.1) is 10.2 Å². The van der Waals surface area contributed by atoms with Gasteiger partial charge in [-0.1, -0.05) is 42.1 Å². The molecule has 9 heteroatoms. The van der Waals surface area contributed by atoms with Crippen molar-refractivity contribution in [2.45, 2.75) is 11.6 Å². The van der Waals surface area contributed by atoms with E-state index < -0.39 is 0 Å². The smallest absolute Gasteiger partial charge is 0.234 e. The Morgan fingerprint density at radius 3 is 2.65 bits per heavy atom. The SMILES string of the molecule is O=C(CSc1nnc(Cc2ccccc2)n1-n1cccc1)Nc1ccc2c(c1)OCO2. The monoisotopic (exact) mass is 433 g/mol. The van der Waals surface area contributed by atoms with Gasteiger partial charge in [0.05, 0.1) is 5.75 Å². The Hall–Kier alpha value is -3.72. The van der Waals surface area contributed by atoms with E-state index in [9.17, 15) is 4.79 Å². The summed E-state index contributed by atoms with van der Waals surface area (Å²) in [5, 5.41) is 12.2. The maximum absolute atomic E-state index is 12.5. The number of rotatable bonds is 7. The number of amides is 1. The topological polar surface area (TPSA) is 83.2 Å². The third-order valence-electron chi connectivity index (χ3n) is 4.69. The molecule has 0 spiro atoms. The maximum atomic E-state index is 12.5. The van der Waals surface area contributed by atoms with E-state index in [1.54, 1.807) is 18.2 Å². The van der Waals surface area contributed by atoms with Gasteiger partial charge in [-0.05, 0) is 29.8 Å². The molecule has 2 aromatic heterocycles. The molecule has 0 unspecified atom stereocenters. The number of nitrogens with one attached hydrogen (secondary N) is 1. The minimum absolute atomic E-state index is 0.143. The lowest BCUT2D eigenvalue weighted by Gasteiger charge is -2.11. The van der Waals surface area contributed by atoms with Crippen LogP contribution in [0.3, 0.4) is 0 Å². The van der Waals surface area contributed by atoms with E-state index in [-0.39, 0.29) is 18.5 Å². The van der Waals surface area contributed by atoms with Crippen molar-refractivity contribution in [1.29, 1.82) is 0 Å². The molecule has 156 valence electrons. The van der Waals surface area contributed by atoms with E-state index in [0.717, 1.165) is 11.4 Å². The quantitative estimate of drug-likeness (QED) is 0.450. The summed E-state index contributed by atoms with van der Waals surface area (Å²) >= 11 is 1.33. The number of benzene rings is 2. The average molecular weight is 433 g/mol. The van der Waals surface area contributed by atoms with Crippen molar-refractivity contribution in [3.63, 3.8) is 0 Å². The highest BCUT2D eigenvalue weighted by molar-refractivity contribution is 7.99. The highest BCUT2D eigenvalue weighted by Gasteiger charge is 2.17. The van der Waals surface area contributed by atoms with Crippen LogP contribution in [0.4, 0.5) is 5.69 Å². The van der Waals surface area contributed by atoms with Gasteiger partial charge in [0.2, 0.25) is 17.9 Å². The molecule has 2 aromatic carbocycles. The Labute approximate surface area is 182 Å². The highest BCUT2D eigenvalue weighted by Crippen LogP contribution is 2.34. The second-order valence-corrected chi connectivity index (χ2v) is 7.78. The number of hydrogen-bond acceptors (Lipinski definition) is 6. The van der Waals surface area contributed by atoms with E-state index in [4.69, 9.17) is 9.47 Å². The minimum atomic E-state index is -0.143. The average Bonchev–Trinajstić information content (AvgIpc) is 3.53. The van der Waals surface area contributed by atoms with Crippen LogP contribution >= 0.6 is 11.8 Å². The predicted molar refractivity (Wildman–Crippen MR) is 116 cm³/mol. The zero-order valence-corrected chi connectivity index (χ0v) is 17.3. The molecule has 31 heavy (non-hydrogen) atoms. The molecule has 5 rings (SSSR count). The number of fused-ring (bicyclic) bond motifs is 1. The molecule has 0 saturated carbocycles. The van der Waals surface area contributed by atoms with Crippen LogP contribution in [0.2, 0.25) is 0 Å². The number of carbonyl (C=O) groups excluding carboxylic acids is 1. The molecule has 0 atom stereocenters. The summed E-state index contributed by atoms with van der Waals surface area (Å²) in [6.07, 6.45) is 4.49. The van der Waals surface area contributed by atoms with Crippen LogP contribution in [0, 0.1) is 0 Å². The van der Waals surface area contributed by atoms with Crippen molar-refractivity contribution >= 4 is 23.4 Å². The predicted octanol–water partition coefficient (Wildman–Crippen LogP) is 3.44. The molecule has 8 nitrogen and oxygen atoms in total. The summed E-state index contributed by atoms with van der Waals surface area (Å²) in [5.74, 6) is 2.15. The molecule has 3 heterocycles. The Bertz CT molecular complexity index is 1190. The number of ether oxygens (including phenoxy) is 2. The molecule has 1 aliphatic heterocycles. The molecule has 0 radical (unpaired) electrons. The van der Waals surface area contributed by atoms with Crippen LogP contribution in [0.1, 0.15) is 11.4 Å². The molecule has 0 saturated heterocycles. The maximum Gasteiger partial charge on any atom is 0.234 e. The van der Waals surface area contributed by atoms with Crippen LogP contribution in [0.25, 0.3) is 0 Å². The molecule has 0 fully saturated rings. The molecule has 1 amide bonds. The van der Waals surface area contributed by atoms with Gasteiger partial charge >= 0.3 is 0 Å². The summed E-state index contributed by atoms with van der Waals surface area (Å²) in [6, 6.07) is 19.3. The van der Waals surface area contributed by atoms with Gasteiger partial charge in [0, 0.05) is 30.6 Å². The fourth-order valence-corrected chi connectivity index (χ4v) is 4.02. The highest BCUT2D eigenvalue weighted by atomic mass is 32.2. The molecule has 4 aromatic rings. The number of hydrogen-bond donors (Lipinski definition) is 1. The van der Waals surface area contributed by atoms with Crippen LogP contribution in [-0.4, -0.2) is 38.0 Å². The first kappa shape index (κ1) is 19.3.